The van der Waals surface area contributed by atoms with Crippen LogP contribution in [0.15, 0.2) is 48.5 Å². The number of anilines is 1. The number of hydrogen-bond donors (Lipinski definition) is 2. The molecule has 0 fully saturated rings. The van der Waals surface area contributed by atoms with Crippen molar-refractivity contribution in [3.63, 3.8) is 0 Å². The summed E-state index contributed by atoms with van der Waals surface area (Å²) in [6.45, 7) is 2.71. The van der Waals surface area contributed by atoms with Gasteiger partial charge in [-0.1, -0.05) is 43.1 Å². The Morgan fingerprint density at radius 1 is 1.04 bits per heavy atom. The molecule has 0 radical (unpaired) electrons. The molecule has 0 saturated heterocycles. The Morgan fingerprint density at radius 2 is 1.83 bits per heavy atom. The van der Waals surface area contributed by atoms with E-state index >= 15 is 0 Å². The Balaban J connectivity index is 2.07. The van der Waals surface area contributed by atoms with E-state index in [0.29, 0.717) is 28.4 Å². The Kier molecular flexibility index (Phi) is 6.18. The van der Waals surface area contributed by atoms with E-state index in [9.17, 15) is 9.59 Å². The molecule has 0 aromatic heterocycles. The maximum absolute atomic E-state index is 12.2. The second-order valence-corrected chi connectivity index (χ2v) is 5.53. The van der Waals surface area contributed by atoms with Gasteiger partial charge in [0.2, 0.25) is 0 Å². The fourth-order valence-electron chi connectivity index (χ4n) is 2.06. The van der Waals surface area contributed by atoms with Crippen LogP contribution in [0.3, 0.4) is 0 Å². The second kappa shape index (κ2) is 8.34. The van der Waals surface area contributed by atoms with Crippen LogP contribution in [0, 0.1) is 0 Å². The van der Waals surface area contributed by atoms with Crippen molar-refractivity contribution in [2.45, 2.75) is 19.8 Å². The largest absolute Gasteiger partial charge is 0.352 e. The van der Waals surface area contributed by atoms with Gasteiger partial charge in [0.05, 0.1) is 10.6 Å². The molecule has 0 saturated carbocycles. The number of hydrogen-bond acceptors (Lipinski definition) is 2. The first-order chi connectivity index (χ1) is 11.1. The maximum Gasteiger partial charge on any atom is 0.257 e. The molecule has 2 aromatic carbocycles. The van der Waals surface area contributed by atoms with Crippen LogP contribution in [-0.2, 0) is 0 Å². The molecule has 0 bridgehead atoms. The van der Waals surface area contributed by atoms with Crippen LogP contribution in [0.5, 0.6) is 0 Å². The lowest BCUT2D eigenvalue weighted by Crippen LogP contribution is -2.24. The van der Waals surface area contributed by atoms with Crippen LogP contribution in [0.4, 0.5) is 5.69 Å². The minimum absolute atomic E-state index is 0.146. The highest BCUT2D eigenvalue weighted by molar-refractivity contribution is 6.34. The first-order valence-corrected chi connectivity index (χ1v) is 7.93. The van der Waals surface area contributed by atoms with Gasteiger partial charge in [0, 0.05) is 17.8 Å². The number of unbranched alkanes of at least 4 members (excludes halogenated alkanes) is 1. The van der Waals surface area contributed by atoms with Gasteiger partial charge in [-0.25, -0.2) is 0 Å². The molecule has 4 nitrogen and oxygen atoms in total. The average Bonchev–Trinajstić information content (AvgIpc) is 2.55. The average molecular weight is 331 g/mol. The van der Waals surface area contributed by atoms with E-state index in [-0.39, 0.29) is 11.8 Å². The van der Waals surface area contributed by atoms with Gasteiger partial charge in [-0.3, -0.25) is 9.59 Å². The van der Waals surface area contributed by atoms with E-state index < -0.39 is 0 Å². The maximum atomic E-state index is 12.2. The van der Waals surface area contributed by atoms with Crippen molar-refractivity contribution in [1.82, 2.24) is 5.32 Å². The monoisotopic (exact) mass is 330 g/mol. The summed E-state index contributed by atoms with van der Waals surface area (Å²) in [6.07, 6.45) is 1.96. The van der Waals surface area contributed by atoms with Crippen molar-refractivity contribution in [1.29, 1.82) is 0 Å². The predicted molar refractivity (Wildman–Crippen MR) is 93.1 cm³/mol. The molecular weight excluding hydrogens is 312 g/mol. The number of amides is 2. The molecule has 0 atom stereocenters. The SMILES string of the molecule is CCCCNC(=O)c1cccc(NC(=O)c2ccccc2Cl)c1. The zero-order valence-electron chi connectivity index (χ0n) is 12.9. The van der Waals surface area contributed by atoms with E-state index in [1.807, 2.05) is 0 Å². The summed E-state index contributed by atoms with van der Waals surface area (Å²) in [4.78, 5) is 24.3. The number of halogens is 1. The first-order valence-electron chi connectivity index (χ1n) is 7.56. The smallest absolute Gasteiger partial charge is 0.257 e. The molecular formula is C18H19ClN2O2. The molecule has 5 heteroatoms. The minimum atomic E-state index is -0.306. The van der Waals surface area contributed by atoms with Gasteiger partial charge in [0.15, 0.2) is 0 Å². The number of carbonyl (C=O) groups is 2. The van der Waals surface area contributed by atoms with Crippen LogP contribution in [-0.4, -0.2) is 18.4 Å². The van der Waals surface area contributed by atoms with Crippen molar-refractivity contribution in [2.24, 2.45) is 0 Å². The van der Waals surface area contributed by atoms with Crippen molar-refractivity contribution in [3.05, 3.63) is 64.7 Å². The normalized spacial score (nSPS) is 10.2. The fraction of sp³-hybridized carbons (Fsp3) is 0.222. The van der Waals surface area contributed by atoms with Crippen molar-refractivity contribution in [3.8, 4) is 0 Å². The molecule has 0 aliphatic rings. The zero-order valence-corrected chi connectivity index (χ0v) is 13.7. The topological polar surface area (TPSA) is 58.2 Å². The first kappa shape index (κ1) is 17.0. The Hall–Kier alpha value is -2.33. The quantitative estimate of drug-likeness (QED) is 0.783. The Labute approximate surface area is 140 Å². The highest BCUT2D eigenvalue weighted by Gasteiger charge is 2.11. The van der Waals surface area contributed by atoms with Crippen molar-refractivity contribution in [2.75, 3.05) is 11.9 Å². The molecule has 0 unspecified atom stereocenters. The van der Waals surface area contributed by atoms with E-state index in [4.69, 9.17) is 11.6 Å². The molecule has 23 heavy (non-hydrogen) atoms. The standard InChI is InChI=1S/C18H19ClN2O2/c1-2-3-11-20-17(22)13-7-6-8-14(12-13)21-18(23)15-9-4-5-10-16(15)19/h4-10,12H,2-3,11H2,1H3,(H,20,22)(H,21,23). The highest BCUT2D eigenvalue weighted by atomic mass is 35.5. The lowest BCUT2D eigenvalue weighted by Gasteiger charge is -2.09. The van der Waals surface area contributed by atoms with Crippen LogP contribution in [0.1, 0.15) is 40.5 Å². The molecule has 0 heterocycles. The van der Waals surface area contributed by atoms with E-state index in [2.05, 4.69) is 17.6 Å². The summed E-state index contributed by atoms with van der Waals surface area (Å²) in [7, 11) is 0. The van der Waals surface area contributed by atoms with Gasteiger partial charge >= 0.3 is 0 Å². The molecule has 0 aliphatic carbocycles. The summed E-state index contributed by atoms with van der Waals surface area (Å²) in [6, 6.07) is 13.7. The molecule has 120 valence electrons. The zero-order chi connectivity index (χ0) is 16.7. The second-order valence-electron chi connectivity index (χ2n) is 5.12. The summed E-state index contributed by atoms with van der Waals surface area (Å²) >= 11 is 6.01. The predicted octanol–water partition coefficient (Wildman–Crippen LogP) is 4.12. The van der Waals surface area contributed by atoms with Gasteiger partial charge in [-0.05, 0) is 36.8 Å². The number of nitrogens with one attached hydrogen (secondary N) is 2. The summed E-state index contributed by atoms with van der Waals surface area (Å²) in [5.74, 6) is -0.452. The highest BCUT2D eigenvalue weighted by Crippen LogP contribution is 2.18. The number of rotatable bonds is 6. The third-order valence-corrected chi connectivity index (χ3v) is 3.65. The van der Waals surface area contributed by atoms with Crippen molar-refractivity contribution < 1.29 is 9.59 Å². The van der Waals surface area contributed by atoms with Crippen molar-refractivity contribution >= 4 is 29.1 Å². The van der Waals surface area contributed by atoms with E-state index in [1.54, 1.807) is 48.5 Å². The van der Waals surface area contributed by atoms with Crippen LogP contribution < -0.4 is 10.6 Å². The van der Waals surface area contributed by atoms with Crippen LogP contribution in [0.2, 0.25) is 5.02 Å². The summed E-state index contributed by atoms with van der Waals surface area (Å²) < 4.78 is 0. The van der Waals surface area contributed by atoms with Gasteiger partial charge in [0.1, 0.15) is 0 Å². The molecule has 0 spiro atoms. The summed E-state index contributed by atoms with van der Waals surface area (Å²) in [5, 5.41) is 5.99. The van der Waals surface area contributed by atoms with Crippen LogP contribution >= 0.6 is 11.6 Å². The molecule has 2 N–H and O–H groups in total. The fourth-order valence-corrected chi connectivity index (χ4v) is 2.28. The molecule has 0 aliphatic heterocycles. The lowest BCUT2D eigenvalue weighted by atomic mass is 10.1. The Bertz CT molecular complexity index is 701. The van der Waals surface area contributed by atoms with E-state index in [1.165, 1.54) is 0 Å². The van der Waals surface area contributed by atoms with Crippen LogP contribution in [0.25, 0.3) is 0 Å². The van der Waals surface area contributed by atoms with E-state index in [0.717, 1.165) is 12.8 Å². The lowest BCUT2D eigenvalue weighted by molar-refractivity contribution is 0.0951. The Morgan fingerprint density at radius 3 is 2.57 bits per heavy atom. The van der Waals surface area contributed by atoms with Gasteiger partial charge < -0.3 is 10.6 Å². The van der Waals surface area contributed by atoms with Gasteiger partial charge in [-0.15, -0.1) is 0 Å². The number of carbonyl (C=O) groups excluding carboxylic acids is 2. The number of benzene rings is 2. The third kappa shape index (κ3) is 4.83. The van der Waals surface area contributed by atoms with Gasteiger partial charge in [0.25, 0.3) is 11.8 Å². The molecule has 2 aromatic rings. The molecule has 2 rings (SSSR count). The van der Waals surface area contributed by atoms with Gasteiger partial charge in [-0.2, -0.15) is 0 Å². The third-order valence-electron chi connectivity index (χ3n) is 3.32. The minimum Gasteiger partial charge on any atom is -0.352 e. The summed E-state index contributed by atoms with van der Waals surface area (Å²) in [5.41, 5.74) is 1.46. The molecule has 2 amide bonds.